The third kappa shape index (κ3) is 3.86. The van der Waals surface area contributed by atoms with Gasteiger partial charge in [-0.05, 0) is 24.3 Å². The van der Waals surface area contributed by atoms with E-state index in [1.165, 1.54) is 25.1 Å². The number of benzene rings is 2. The van der Waals surface area contributed by atoms with Crippen molar-refractivity contribution in [1.82, 2.24) is 0 Å². The van der Waals surface area contributed by atoms with Crippen molar-refractivity contribution in [3.63, 3.8) is 0 Å². The van der Waals surface area contributed by atoms with Gasteiger partial charge in [0.05, 0.1) is 10.7 Å². The normalized spacial score (nSPS) is 10.2. The van der Waals surface area contributed by atoms with E-state index >= 15 is 0 Å². The van der Waals surface area contributed by atoms with Crippen molar-refractivity contribution >= 4 is 28.9 Å². The molecule has 2 aromatic carbocycles. The molecule has 0 aliphatic rings. The highest BCUT2D eigenvalue weighted by Gasteiger charge is 2.08. The van der Waals surface area contributed by atoms with E-state index in [1.54, 1.807) is 18.2 Å². The van der Waals surface area contributed by atoms with Crippen molar-refractivity contribution in [2.45, 2.75) is 13.5 Å². The number of para-hydroxylation sites is 1. The van der Waals surface area contributed by atoms with Gasteiger partial charge in [0.25, 0.3) is 0 Å². The molecule has 0 atom stereocenters. The van der Waals surface area contributed by atoms with E-state index in [0.717, 1.165) is 0 Å². The first kappa shape index (κ1) is 15.1. The van der Waals surface area contributed by atoms with E-state index in [2.05, 4.69) is 10.6 Å². The van der Waals surface area contributed by atoms with Crippen LogP contribution in [0, 0.1) is 5.82 Å². The number of rotatable bonds is 4. The molecular weight excluding hydrogens is 295 g/mol. The number of carbonyl (C=O) groups is 1. The van der Waals surface area contributed by atoms with Crippen molar-refractivity contribution in [2.75, 3.05) is 10.6 Å². The Labute approximate surface area is 126 Å². The molecule has 21 heavy (non-hydrogen) atoms. The van der Waals surface area contributed by atoms with E-state index in [-0.39, 0.29) is 28.9 Å². The molecule has 110 valence electrons. The fraction of sp³-hybridized carbons (Fsp3) is 0.133. The Hall–Kier alpha value is -2.27. The number of phenols is 1. The summed E-state index contributed by atoms with van der Waals surface area (Å²) in [5.41, 5.74) is 1.26. The number of carbonyl (C=O) groups excluding carboxylic acids is 1. The molecule has 6 heteroatoms. The topological polar surface area (TPSA) is 61.4 Å². The molecule has 0 bridgehead atoms. The summed E-state index contributed by atoms with van der Waals surface area (Å²) in [6.07, 6.45) is 0. The van der Waals surface area contributed by atoms with E-state index in [0.29, 0.717) is 11.3 Å². The number of nitrogens with one attached hydrogen (secondary N) is 2. The van der Waals surface area contributed by atoms with E-state index in [4.69, 9.17) is 11.6 Å². The third-order valence-electron chi connectivity index (χ3n) is 2.83. The van der Waals surface area contributed by atoms with E-state index in [1.807, 2.05) is 0 Å². The van der Waals surface area contributed by atoms with E-state index in [9.17, 15) is 14.3 Å². The fourth-order valence-electron chi connectivity index (χ4n) is 1.83. The first-order valence-electron chi connectivity index (χ1n) is 6.24. The molecule has 0 unspecified atom stereocenters. The van der Waals surface area contributed by atoms with Crippen LogP contribution in [0.4, 0.5) is 15.8 Å². The maximum atomic E-state index is 13.7. The molecule has 2 aromatic rings. The quantitative estimate of drug-likeness (QED) is 0.806. The Morgan fingerprint density at radius 3 is 2.81 bits per heavy atom. The second-order valence-corrected chi connectivity index (χ2v) is 4.88. The Morgan fingerprint density at radius 1 is 1.33 bits per heavy atom. The summed E-state index contributed by atoms with van der Waals surface area (Å²) in [5.74, 6) is -0.726. The van der Waals surface area contributed by atoms with Gasteiger partial charge in [-0.15, -0.1) is 0 Å². The van der Waals surface area contributed by atoms with Crippen LogP contribution in [-0.4, -0.2) is 11.0 Å². The number of aromatic hydroxyl groups is 1. The van der Waals surface area contributed by atoms with Crippen molar-refractivity contribution in [3.05, 3.63) is 52.8 Å². The number of hydrogen-bond donors (Lipinski definition) is 3. The van der Waals surface area contributed by atoms with Crippen LogP contribution in [-0.2, 0) is 11.3 Å². The Morgan fingerprint density at radius 2 is 2.10 bits per heavy atom. The Kier molecular flexibility index (Phi) is 4.65. The minimum atomic E-state index is -0.453. The summed E-state index contributed by atoms with van der Waals surface area (Å²) in [5, 5.41) is 15.5. The first-order chi connectivity index (χ1) is 9.97. The van der Waals surface area contributed by atoms with Gasteiger partial charge in [0.1, 0.15) is 11.6 Å². The van der Waals surface area contributed by atoms with Crippen molar-refractivity contribution in [2.24, 2.45) is 0 Å². The highest BCUT2D eigenvalue weighted by atomic mass is 35.5. The predicted octanol–water partition coefficient (Wildman–Crippen LogP) is 3.76. The molecule has 0 saturated heterocycles. The summed E-state index contributed by atoms with van der Waals surface area (Å²) in [4.78, 5) is 11.0. The number of anilines is 2. The van der Waals surface area contributed by atoms with Crippen LogP contribution in [0.3, 0.4) is 0 Å². The lowest BCUT2D eigenvalue weighted by Crippen LogP contribution is -2.07. The highest BCUT2D eigenvalue weighted by molar-refractivity contribution is 6.32. The van der Waals surface area contributed by atoms with E-state index < -0.39 is 5.82 Å². The molecule has 0 saturated carbocycles. The monoisotopic (exact) mass is 308 g/mol. The molecule has 3 N–H and O–H groups in total. The lowest BCUT2D eigenvalue weighted by Gasteiger charge is -2.11. The van der Waals surface area contributed by atoms with Crippen LogP contribution < -0.4 is 10.6 Å². The van der Waals surface area contributed by atoms with Gasteiger partial charge in [-0.3, -0.25) is 4.79 Å². The minimum absolute atomic E-state index is 0.0370. The Bertz CT molecular complexity index is 677. The summed E-state index contributed by atoms with van der Waals surface area (Å²) in [6.45, 7) is 1.58. The van der Waals surface area contributed by atoms with Crippen LogP contribution in [0.15, 0.2) is 36.4 Å². The fourth-order valence-corrected chi connectivity index (χ4v) is 2.03. The second kappa shape index (κ2) is 6.45. The zero-order valence-electron chi connectivity index (χ0n) is 11.3. The molecule has 0 spiro atoms. The van der Waals surface area contributed by atoms with Gasteiger partial charge in [-0.2, -0.15) is 0 Å². The van der Waals surface area contributed by atoms with Gasteiger partial charge in [-0.25, -0.2) is 4.39 Å². The van der Waals surface area contributed by atoms with Crippen LogP contribution >= 0.6 is 11.6 Å². The van der Waals surface area contributed by atoms with Crippen molar-refractivity contribution < 1.29 is 14.3 Å². The van der Waals surface area contributed by atoms with Crippen LogP contribution in [0.25, 0.3) is 0 Å². The van der Waals surface area contributed by atoms with Gasteiger partial charge >= 0.3 is 0 Å². The number of hydrogen-bond acceptors (Lipinski definition) is 3. The zero-order chi connectivity index (χ0) is 15.4. The van der Waals surface area contributed by atoms with Gasteiger partial charge in [0, 0.05) is 24.7 Å². The maximum absolute atomic E-state index is 13.7. The standard InChI is InChI=1S/C15H14ClFN2O2/c1-9(20)19-11-5-6-13(17)14(7-11)18-8-10-3-2-4-12(16)15(10)21/h2-7,18,21H,8H2,1H3,(H,19,20). The first-order valence-corrected chi connectivity index (χ1v) is 6.62. The molecule has 1 amide bonds. The van der Waals surface area contributed by atoms with Gasteiger partial charge < -0.3 is 15.7 Å². The zero-order valence-corrected chi connectivity index (χ0v) is 12.0. The Balaban J connectivity index is 2.15. The van der Waals surface area contributed by atoms with Crippen LogP contribution in [0.2, 0.25) is 5.02 Å². The van der Waals surface area contributed by atoms with Gasteiger partial charge in [0.15, 0.2) is 0 Å². The maximum Gasteiger partial charge on any atom is 0.221 e. The summed E-state index contributed by atoms with van der Waals surface area (Å²) < 4.78 is 13.7. The largest absolute Gasteiger partial charge is 0.506 e. The minimum Gasteiger partial charge on any atom is -0.506 e. The highest BCUT2D eigenvalue weighted by Crippen LogP contribution is 2.28. The molecule has 4 nitrogen and oxygen atoms in total. The average molecular weight is 309 g/mol. The molecule has 0 heterocycles. The van der Waals surface area contributed by atoms with Crippen LogP contribution in [0.1, 0.15) is 12.5 Å². The lowest BCUT2D eigenvalue weighted by molar-refractivity contribution is -0.114. The number of amides is 1. The van der Waals surface area contributed by atoms with Gasteiger partial charge in [0.2, 0.25) is 5.91 Å². The van der Waals surface area contributed by atoms with Crippen LogP contribution in [0.5, 0.6) is 5.75 Å². The summed E-state index contributed by atoms with van der Waals surface area (Å²) in [7, 11) is 0. The predicted molar refractivity (Wildman–Crippen MR) is 81.1 cm³/mol. The second-order valence-electron chi connectivity index (χ2n) is 4.48. The molecule has 0 fully saturated rings. The molecule has 0 aliphatic carbocycles. The third-order valence-corrected chi connectivity index (χ3v) is 3.13. The van der Waals surface area contributed by atoms with Crippen molar-refractivity contribution in [1.29, 1.82) is 0 Å². The smallest absolute Gasteiger partial charge is 0.221 e. The number of phenolic OH excluding ortho intramolecular Hbond substituents is 1. The summed E-state index contributed by atoms with van der Waals surface area (Å²) in [6, 6.07) is 9.16. The van der Waals surface area contributed by atoms with Gasteiger partial charge in [-0.1, -0.05) is 23.7 Å². The molecule has 0 aromatic heterocycles. The molecular formula is C15H14ClFN2O2. The average Bonchev–Trinajstić information content (AvgIpc) is 2.43. The SMILES string of the molecule is CC(=O)Nc1ccc(F)c(NCc2cccc(Cl)c2O)c1. The van der Waals surface area contributed by atoms with Crippen molar-refractivity contribution in [3.8, 4) is 5.75 Å². The molecule has 2 rings (SSSR count). The lowest BCUT2D eigenvalue weighted by atomic mass is 10.2. The molecule has 0 aliphatic heterocycles. The summed E-state index contributed by atoms with van der Waals surface area (Å²) >= 11 is 5.81. The number of halogens is 2. The molecule has 0 radical (unpaired) electrons.